The average molecular weight is 484 g/mol. The molecule has 4 rings (SSSR count). The van der Waals surface area contributed by atoms with Gasteiger partial charge in [-0.25, -0.2) is 9.07 Å². The van der Waals surface area contributed by atoms with Gasteiger partial charge in [0.05, 0.1) is 17.9 Å². The van der Waals surface area contributed by atoms with E-state index in [-0.39, 0.29) is 11.7 Å². The molecule has 1 aliphatic rings. The van der Waals surface area contributed by atoms with Crippen LogP contribution >= 0.6 is 11.6 Å². The van der Waals surface area contributed by atoms with Crippen molar-refractivity contribution >= 4 is 23.3 Å². The van der Waals surface area contributed by atoms with Gasteiger partial charge in [-0.1, -0.05) is 30.7 Å². The first-order valence-corrected chi connectivity index (χ1v) is 12.1. The Balaban J connectivity index is 1.75. The molecule has 3 aromatic rings. The van der Waals surface area contributed by atoms with Crippen LogP contribution in [0.5, 0.6) is 0 Å². The normalized spacial score (nSPS) is 14.4. The summed E-state index contributed by atoms with van der Waals surface area (Å²) in [6.07, 6.45) is 0.827. The zero-order valence-electron chi connectivity index (χ0n) is 20.0. The Morgan fingerprint density at radius 2 is 1.85 bits per heavy atom. The second-order valence-electron chi connectivity index (χ2n) is 8.81. The summed E-state index contributed by atoms with van der Waals surface area (Å²) in [5, 5.41) is 5.35. The number of likely N-dealkylation sites (N-methyl/N-ethyl adjacent to an activating group) is 1. The highest BCUT2D eigenvalue weighted by Gasteiger charge is 2.27. The minimum absolute atomic E-state index is 0.0633. The van der Waals surface area contributed by atoms with Gasteiger partial charge in [-0.3, -0.25) is 4.79 Å². The lowest BCUT2D eigenvalue weighted by Gasteiger charge is -2.35. The van der Waals surface area contributed by atoms with Crippen LogP contribution in [-0.4, -0.2) is 65.3 Å². The Kier molecular flexibility index (Phi) is 7.54. The number of hydrogen-bond donors (Lipinski definition) is 0. The summed E-state index contributed by atoms with van der Waals surface area (Å²) < 4.78 is 15.9. The third-order valence-corrected chi connectivity index (χ3v) is 6.45. The van der Waals surface area contributed by atoms with Crippen molar-refractivity contribution < 1.29 is 9.18 Å². The number of piperazine rings is 1. The lowest BCUT2D eigenvalue weighted by molar-refractivity contribution is 0.0743. The topological polar surface area (TPSA) is 44.6 Å². The smallest absolute Gasteiger partial charge is 0.254 e. The number of aromatic nitrogens is 2. The van der Waals surface area contributed by atoms with Crippen LogP contribution < -0.4 is 4.90 Å². The van der Waals surface area contributed by atoms with Gasteiger partial charge >= 0.3 is 0 Å². The molecule has 0 bridgehead atoms. The van der Waals surface area contributed by atoms with Gasteiger partial charge in [0.2, 0.25) is 0 Å². The molecule has 0 aliphatic carbocycles. The summed E-state index contributed by atoms with van der Waals surface area (Å²) in [6.45, 7) is 8.56. The van der Waals surface area contributed by atoms with Crippen LogP contribution in [0.1, 0.15) is 35.0 Å². The zero-order valence-corrected chi connectivity index (χ0v) is 20.7. The summed E-state index contributed by atoms with van der Waals surface area (Å²) >= 11 is 6.15. The van der Waals surface area contributed by atoms with E-state index in [1.165, 1.54) is 12.1 Å². The average Bonchev–Trinajstić information content (AvgIpc) is 3.15. The van der Waals surface area contributed by atoms with Gasteiger partial charge in [0.25, 0.3) is 5.91 Å². The minimum atomic E-state index is -0.305. The molecule has 0 atom stereocenters. The highest BCUT2D eigenvalue weighted by atomic mass is 35.5. The molecule has 34 heavy (non-hydrogen) atoms. The molecular formula is C26H31ClFN5O. The van der Waals surface area contributed by atoms with Crippen LogP contribution in [0.2, 0.25) is 5.02 Å². The predicted octanol–water partition coefficient (Wildman–Crippen LogP) is 4.78. The minimum Gasteiger partial charge on any atom is -0.354 e. The van der Waals surface area contributed by atoms with Crippen molar-refractivity contribution in [2.24, 2.45) is 0 Å². The maximum atomic E-state index is 14.1. The first-order valence-electron chi connectivity index (χ1n) is 11.7. The van der Waals surface area contributed by atoms with Gasteiger partial charge in [0.1, 0.15) is 11.6 Å². The van der Waals surface area contributed by atoms with Gasteiger partial charge in [-0.05, 0) is 56.8 Å². The van der Waals surface area contributed by atoms with Crippen LogP contribution in [0, 0.1) is 12.7 Å². The monoisotopic (exact) mass is 483 g/mol. The maximum Gasteiger partial charge on any atom is 0.254 e. The molecule has 0 N–H and O–H groups in total. The molecule has 0 radical (unpaired) electrons. The van der Waals surface area contributed by atoms with Crippen LogP contribution in [0.15, 0.2) is 48.5 Å². The van der Waals surface area contributed by atoms with Crippen molar-refractivity contribution in [3.8, 4) is 5.69 Å². The Morgan fingerprint density at radius 1 is 1.12 bits per heavy atom. The van der Waals surface area contributed by atoms with E-state index in [0.29, 0.717) is 29.4 Å². The summed E-state index contributed by atoms with van der Waals surface area (Å²) in [5.41, 5.74) is 3.06. The number of halogens is 2. The SMILES string of the molecule is CCCN(Cc1c(C)nn(-c2cccc(F)c2)c1N1CCN(C)CC1)C(=O)c1cccc(Cl)c1. The highest BCUT2D eigenvalue weighted by molar-refractivity contribution is 6.30. The molecule has 6 nitrogen and oxygen atoms in total. The molecule has 0 saturated carbocycles. The van der Waals surface area contributed by atoms with Crippen LogP contribution in [-0.2, 0) is 6.54 Å². The fraction of sp³-hybridized carbons (Fsp3) is 0.385. The molecule has 0 unspecified atom stereocenters. The number of carbonyl (C=O) groups is 1. The predicted molar refractivity (Wildman–Crippen MR) is 134 cm³/mol. The number of aryl methyl sites for hydroxylation is 1. The quantitative estimate of drug-likeness (QED) is 0.485. The molecule has 1 amide bonds. The number of benzene rings is 2. The van der Waals surface area contributed by atoms with Crippen molar-refractivity contribution in [1.82, 2.24) is 19.6 Å². The molecule has 2 aromatic carbocycles. The Bertz CT molecular complexity index is 1160. The van der Waals surface area contributed by atoms with E-state index in [2.05, 4.69) is 23.8 Å². The van der Waals surface area contributed by atoms with E-state index in [1.807, 2.05) is 22.6 Å². The third-order valence-electron chi connectivity index (χ3n) is 6.21. The molecule has 1 aliphatic heterocycles. The van der Waals surface area contributed by atoms with E-state index >= 15 is 0 Å². The number of rotatable bonds is 7. The van der Waals surface area contributed by atoms with Gasteiger partial charge in [0, 0.05) is 48.9 Å². The standard InChI is InChI=1S/C26H31ClFN5O/c1-4-11-32(26(34)20-7-5-8-21(27)16-20)18-24-19(2)29-33(23-10-6-9-22(28)17-23)25(24)31-14-12-30(3)13-15-31/h5-10,16-17H,4,11-15,18H2,1-3H3. The molecule has 2 heterocycles. The molecule has 1 saturated heterocycles. The summed E-state index contributed by atoms with van der Waals surface area (Å²) in [5.74, 6) is 0.558. The Hall–Kier alpha value is -2.90. The fourth-order valence-corrected chi connectivity index (χ4v) is 4.57. The van der Waals surface area contributed by atoms with Crippen LogP contribution in [0.4, 0.5) is 10.2 Å². The Labute approximate surface area is 205 Å². The molecule has 180 valence electrons. The second-order valence-corrected chi connectivity index (χ2v) is 9.24. The number of nitrogens with zero attached hydrogens (tertiary/aromatic N) is 5. The largest absolute Gasteiger partial charge is 0.354 e. The van der Waals surface area contributed by atoms with Crippen molar-refractivity contribution in [1.29, 1.82) is 0 Å². The first-order chi connectivity index (χ1) is 16.4. The molecule has 1 fully saturated rings. The molecule has 1 aromatic heterocycles. The molecule has 0 spiro atoms. The second kappa shape index (κ2) is 10.6. The lowest BCUT2D eigenvalue weighted by Crippen LogP contribution is -2.45. The van der Waals surface area contributed by atoms with E-state index in [9.17, 15) is 9.18 Å². The number of amides is 1. The third kappa shape index (κ3) is 5.26. The summed E-state index contributed by atoms with van der Waals surface area (Å²) in [4.78, 5) is 19.9. The fourth-order valence-electron chi connectivity index (χ4n) is 4.38. The van der Waals surface area contributed by atoms with Gasteiger partial charge in [-0.15, -0.1) is 0 Å². The number of anilines is 1. The highest BCUT2D eigenvalue weighted by Crippen LogP contribution is 2.30. The van der Waals surface area contributed by atoms with Crippen molar-refractivity contribution in [2.75, 3.05) is 44.7 Å². The van der Waals surface area contributed by atoms with E-state index in [1.54, 1.807) is 30.3 Å². The zero-order chi connectivity index (χ0) is 24.2. The van der Waals surface area contributed by atoms with Crippen LogP contribution in [0.25, 0.3) is 5.69 Å². The van der Waals surface area contributed by atoms with Gasteiger partial charge in [0.15, 0.2) is 0 Å². The maximum absolute atomic E-state index is 14.1. The summed E-state index contributed by atoms with van der Waals surface area (Å²) in [6, 6.07) is 13.5. The van der Waals surface area contributed by atoms with Crippen molar-refractivity contribution in [3.05, 3.63) is 76.2 Å². The van der Waals surface area contributed by atoms with E-state index in [4.69, 9.17) is 16.7 Å². The van der Waals surface area contributed by atoms with Crippen LogP contribution in [0.3, 0.4) is 0 Å². The first kappa shape index (κ1) is 24.2. The van der Waals surface area contributed by atoms with Gasteiger partial charge in [-0.2, -0.15) is 5.10 Å². The number of hydrogen-bond acceptors (Lipinski definition) is 4. The molecular weight excluding hydrogens is 453 g/mol. The van der Waals surface area contributed by atoms with E-state index < -0.39 is 0 Å². The van der Waals surface area contributed by atoms with Crippen molar-refractivity contribution in [3.63, 3.8) is 0 Å². The molecule has 8 heteroatoms. The Morgan fingerprint density at radius 3 is 2.53 bits per heavy atom. The van der Waals surface area contributed by atoms with Gasteiger partial charge < -0.3 is 14.7 Å². The lowest BCUT2D eigenvalue weighted by atomic mass is 10.1. The van der Waals surface area contributed by atoms with Crippen molar-refractivity contribution in [2.45, 2.75) is 26.8 Å². The summed E-state index contributed by atoms with van der Waals surface area (Å²) in [7, 11) is 2.11. The number of carbonyl (C=O) groups excluding carboxylic acids is 1. The van der Waals surface area contributed by atoms with E-state index in [0.717, 1.165) is 49.7 Å².